The van der Waals surface area contributed by atoms with Gasteiger partial charge < -0.3 is 9.80 Å². The van der Waals surface area contributed by atoms with Crippen LogP contribution < -0.4 is 9.80 Å². The van der Waals surface area contributed by atoms with E-state index in [-0.39, 0.29) is 11.6 Å². The van der Waals surface area contributed by atoms with Crippen LogP contribution in [0.4, 0.5) is 37.2 Å². The number of anilines is 5. The molecule has 4 heteroatoms. The van der Waals surface area contributed by atoms with Gasteiger partial charge in [-0.3, -0.25) is 0 Å². The summed E-state index contributed by atoms with van der Waals surface area (Å²) in [6.45, 7) is 2.20. The average Bonchev–Trinajstić information content (AvgIpc) is 3.06. The predicted molar refractivity (Wildman–Crippen MR) is 184 cm³/mol. The molecule has 0 bridgehead atoms. The molecule has 45 heavy (non-hydrogen) atoms. The van der Waals surface area contributed by atoms with Gasteiger partial charge in [-0.25, -0.2) is 8.78 Å². The first kappa shape index (κ1) is 27.1. The highest BCUT2D eigenvalue weighted by Gasteiger charge is 2.23. The normalized spacial score (nSPS) is 14.7. The molecule has 7 aromatic rings. The highest BCUT2D eigenvalue weighted by atomic mass is 19.1. The number of hydrogen-bond donors (Lipinski definition) is 0. The molecule has 0 spiro atoms. The van der Waals surface area contributed by atoms with Crippen LogP contribution in [0.25, 0.3) is 32.3 Å². The second-order valence-corrected chi connectivity index (χ2v) is 11.8. The smallest absolute Gasteiger partial charge is 0.125 e. The van der Waals surface area contributed by atoms with Crippen LogP contribution in [0.3, 0.4) is 0 Å². The van der Waals surface area contributed by atoms with E-state index in [1.807, 2.05) is 42.5 Å². The molecule has 1 unspecified atom stereocenters. The molecule has 0 aliphatic heterocycles. The monoisotopic (exact) mass is 588 g/mol. The lowest BCUT2D eigenvalue weighted by molar-refractivity contribution is 0.627. The first-order chi connectivity index (χ1) is 22.0. The lowest BCUT2D eigenvalue weighted by atomic mass is 9.91. The van der Waals surface area contributed by atoms with Crippen molar-refractivity contribution in [2.24, 2.45) is 5.92 Å². The zero-order valence-corrected chi connectivity index (χ0v) is 24.8. The molecule has 0 saturated heterocycles. The van der Waals surface area contributed by atoms with E-state index >= 15 is 0 Å². The maximum Gasteiger partial charge on any atom is 0.125 e. The van der Waals surface area contributed by atoms with Gasteiger partial charge in [0.25, 0.3) is 0 Å². The first-order valence-corrected chi connectivity index (χ1v) is 15.3. The van der Waals surface area contributed by atoms with Gasteiger partial charge in [0.05, 0.1) is 11.4 Å². The molecule has 0 aromatic heterocycles. The maximum atomic E-state index is 14.7. The fourth-order valence-electron chi connectivity index (χ4n) is 6.79. The molecule has 0 fully saturated rings. The van der Waals surface area contributed by atoms with Gasteiger partial charge in [-0.05, 0) is 101 Å². The van der Waals surface area contributed by atoms with Crippen LogP contribution in [-0.4, -0.2) is 0 Å². The Labute approximate surface area is 261 Å². The summed E-state index contributed by atoms with van der Waals surface area (Å²) in [4.78, 5) is 4.29. The van der Waals surface area contributed by atoms with Crippen LogP contribution in [-0.2, 0) is 0 Å². The molecule has 1 aliphatic rings. The van der Waals surface area contributed by atoms with Crippen LogP contribution in [0.15, 0.2) is 151 Å². The van der Waals surface area contributed by atoms with Crippen molar-refractivity contribution in [2.45, 2.75) is 13.3 Å². The van der Waals surface area contributed by atoms with E-state index in [2.05, 4.69) is 83.5 Å². The Morgan fingerprint density at radius 3 is 1.67 bits per heavy atom. The SMILES string of the molecule is CC1C=C(N(c2cccc(F)c2)c2ccc3ccc4c(N(c5ccccc5)c5cccc(F)c5)ccc5ccc2c3c54)C=CC1. The van der Waals surface area contributed by atoms with Crippen LogP contribution in [0.5, 0.6) is 0 Å². The summed E-state index contributed by atoms with van der Waals surface area (Å²) in [5.74, 6) is -0.185. The van der Waals surface area contributed by atoms with Crippen molar-refractivity contribution in [3.63, 3.8) is 0 Å². The zero-order chi connectivity index (χ0) is 30.5. The fourth-order valence-corrected chi connectivity index (χ4v) is 6.79. The van der Waals surface area contributed by atoms with Crippen molar-refractivity contribution in [1.29, 1.82) is 0 Å². The van der Waals surface area contributed by atoms with E-state index in [0.717, 1.165) is 72.9 Å². The number of rotatable bonds is 6. The number of para-hydroxylation sites is 1. The summed E-state index contributed by atoms with van der Waals surface area (Å²) in [5, 5.41) is 6.68. The second-order valence-electron chi connectivity index (χ2n) is 11.8. The standard InChI is InChI=1S/C41H30F2N2/c1-27-8-5-13-33(24-27)45(35-15-7-10-31(43)26-35)39-23-19-29-16-20-36-38(22-18-28-17-21-37(39)41(29)40(28)36)44(32-11-3-2-4-12-32)34-14-6-9-30(42)25-34/h2-7,9-27H,8H2,1H3. The molecule has 0 saturated carbocycles. The quantitative estimate of drug-likeness (QED) is 0.178. The van der Waals surface area contributed by atoms with E-state index in [4.69, 9.17) is 0 Å². The third-order valence-corrected chi connectivity index (χ3v) is 8.76. The molecule has 0 radical (unpaired) electrons. The summed E-state index contributed by atoms with van der Waals surface area (Å²) >= 11 is 0. The molecule has 1 aliphatic carbocycles. The Bertz CT molecular complexity index is 2250. The highest BCUT2D eigenvalue weighted by Crippen LogP contribution is 2.47. The van der Waals surface area contributed by atoms with Gasteiger partial charge in [0.2, 0.25) is 0 Å². The van der Waals surface area contributed by atoms with Crippen molar-refractivity contribution >= 4 is 60.8 Å². The minimum atomic E-state index is -0.284. The molecular weight excluding hydrogens is 558 g/mol. The van der Waals surface area contributed by atoms with Gasteiger partial charge in [0.15, 0.2) is 0 Å². The Kier molecular flexibility index (Phi) is 6.57. The molecule has 0 amide bonds. The molecule has 218 valence electrons. The van der Waals surface area contributed by atoms with Gasteiger partial charge in [0, 0.05) is 33.5 Å². The molecule has 1 atom stereocenters. The Morgan fingerprint density at radius 1 is 0.556 bits per heavy atom. The molecular formula is C41H30F2N2. The largest absolute Gasteiger partial charge is 0.310 e. The summed E-state index contributed by atoms with van der Waals surface area (Å²) in [7, 11) is 0. The fraction of sp³-hybridized carbons (Fsp3) is 0.0732. The number of nitrogens with zero attached hydrogens (tertiary/aromatic N) is 2. The minimum absolute atomic E-state index is 0.272. The highest BCUT2D eigenvalue weighted by molar-refractivity contribution is 6.28. The zero-order valence-electron chi connectivity index (χ0n) is 24.8. The Morgan fingerprint density at radius 2 is 1.09 bits per heavy atom. The van der Waals surface area contributed by atoms with Crippen molar-refractivity contribution in [1.82, 2.24) is 0 Å². The lowest BCUT2D eigenvalue weighted by Gasteiger charge is -2.31. The van der Waals surface area contributed by atoms with E-state index in [1.165, 1.54) is 12.1 Å². The van der Waals surface area contributed by atoms with Crippen molar-refractivity contribution in [2.75, 3.05) is 9.80 Å². The number of allylic oxidation sites excluding steroid dienone is 3. The summed E-state index contributed by atoms with van der Waals surface area (Å²) in [5.41, 5.74) is 5.45. The Balaban J connectivity index is 1.41. The number of benzene rings is 7. The summed E-state index contributed by atoms with van der Waals surface area (Å²) in [6.07, 6.45) is 7.57. The topological polar surface area (TPSA) is 6.48 Å². The van der Waals surface area contributed by atoms with E-state index in [9.17, 15) is 8.78 Å². The van der Waals surface area contributed by atoms with Crippen LogP contribution >= 0.6 is 0 Å². The van der Waals surface area contributed by atoms with Crippen molar-refractivity contribution in [3.05, 3.63) is 163 Å². The van der Waals surface area contributed by atoms with Gasteiger partial charge >= 0.3 is 0 Å². The maximum absolute atomic E-state index is 14.7. The van der Waals surface area contributed by atoms with Gasteiger partial charge in [-0.15, -0.1) is 0 Å². The van der Waals surface area contributed by atoms with Gasteiger partial charge in [-0.1, -0.05) is 85.8 Å². The van der Waals surface area contributed by atoms with Gasteiger partial charge in [-0.2, -0.15) is 0 Å². The number of halogens is 2. The summed E-state index contributed by atoms with van der Waals surface area (Å²) in [6, 6.07) is 40.9. The molecule has 7 aromatic carbocycles. The predicted octanol–water partition coefficient (Wildman–Crippen LogP) is 11.9. The molecule has 2 nitrogen and oxygen atoms in total. The average molecular weight is 589 g/mol. The van der Waals surface area contributed by atoms with Crippen molar-refractivity contribution < 1.29 is 8.78 Å². The Hall–Kier alpha value is -5.48. The van der Waals surface area contributed by atoms with Crippen molar-refractivity contribution in [3.8, 4) is 0 Å². The van der Waals surface area contributed by atoms with E-state index in [0.29, 0.717) is 5.92 Å². The van der Waals surface area contributed by atoms with E-state index < -0.39 is 0 Å². The first-order valence-electron chi connectivity index (χ1n) is 15.3. The number of hydrogen-bond acceptors (Lipinski definition) is 2. The summed E-state index contributed by atoms with van der Waals surface area (Å²) < 4.78 is 29.3. The lowest BCUT2D eigenvalue weighted by Crippen LogP contribution is -2.18. The third-order valence-electron chi connectivity index (χ3n) is 8.76. The second kappa shape index (κ2) is 10.9. The molecule has 8 rings (SSSR count). The minimum Gasteiger partial charge on any atom is -0.310 e. The van der Waals surface area contributed by atoms with Crippen LogP contribution in [0.1, 0.15) is 13.3 Å². The van der Waals surface area contributed by atoms with Crippen LogP contribution in [0.2, 0.25) is 0 Å². The van der Waals surface area contributed by atoms with E-state index in [1.54, 1.807) is 24.3 Å². The molecule has 0 heterocycles. The van der Waals surface area contributed by atoms with Gasteiger partial charge in [0.1, 0.15) is 11.6 Å². The third kappa shape index (κ3) is 4.70. The van der Waals surface area contributed by atoms with Crippen LogP contribution in [0, 0.1) is 17.6 Å². The molecule has 0 N–H and O–H groups in total.